The number of nitrogens with zero attached hydrogens (tertiary/aromatic N) is 2. The van der Waals surface area contributed by atoms with Gasteiger partial charge in [0.2, 0.25) is 0 Å². The molecule has 0 aliphatic carbocycles. The molecule has 2 aromatic rings. The predicted octanol–water partition coefficient (Wildman–Crippen LogP) is 5.08. The Morgan fingerprint density at radius 2 is 1.57 bits per heavy atom. The molecule has 4 nitrogen and oxygen atoms in total. The van der Waals surface area contributed by atoms with Crippen LogP contribution < -0.4 is 0 Å². The van der Waals surface area contributed by atoms with Gasteiger partial charge >= 0.3 is 0 Å². The Morgan fingerprint density at radius 1 is 1.04 bits per heavy atom. The molecule has 8 heteroatoms. The van der Waals surface area contributed by atoms with Crippen LogP contribution in [-0.2, 0) is 0 Å². The van der Waals surface area contributed by atoms with Crippen LogP contribution >= 0.6 is 46.4 Å². The molecule has 0 saturated heterocycles. The van der Waals surface area contributed by atoms with E-state index < -0.39 is 6.10 Å². The summed E-state index contributed by atoms with van der Waals surface area (Å²) in [5, 5.41) is 19.0. The average molecular weight is 398 g/mol. The normalized spacial score (nSPS) is 10.9. The summed E-state index contributed by atoms with van der Waals surface area (Å²) in [6, 6.07) is 3.18. The van der Waals surface area contributed by atoms with E-state index in [1.165, 1.54) is 12.3 Å². The molecule has 0 bridgehead atoms. The second-order valence-corrected chi connectivity index (χ2v) is 5.52. The molecular weight excluding hydrogens is 382 g/mol. The van der Waals surface area contributed by atoms with E-state index in [1.54, 1.807) is 18.3 Å². The molecule has 2 rings (SSSR count). The lowest BCUT2D eigenvalue weighted by atomic mass is 10.2. The molecule has 0 spiro atoms. The maximum Gasteiger partial charge on any atom is 0.147 e. The molecule has 0 saturated carbocycles. The third kappa shape index (κ3) is 7.04. The highest BCUT2D eigenvalue weighted by atomic mass is 35.5. The van der Waals surface area contributed by atoms with Gasteiger partial charge in [-0.05, 0) is 17.7 Å². The molecule has 0 aliphatic heterocycles. The Bertz CT molecular complexity index is 653. The minimum Gasteiger partial charge on any atom is -0.393 e. The van der Waals surface area contributed by atoms with Crippen LogP contribution in [0, 0.1) is 0 Å². The van der Waals surface area contributed by atoms with Crippen LogP contribution in [0.3, 0.4) is 0 Å². The van der Waals surface area contributed by atoms with E-state index in [1.807, 2.05) is 0 Å². The summed E-state index contributed by atoms with van der Waals surface area (Å²) in [4.78, 5) is 7.52. The molecule has 0 amide bonds. The van der Waals surface area contributed by atoms with Gasteiger partial charge in [-0.2, -0.15) is 0 Å². The van der Waals surface area contributed by atoms with E-state index in [2.05, 4.69) is 16.5 Å². The van der Waals surface area contributed by atoms with E-state index in [9.17, 15) is 0 Å². The molecule has 0 unspecified atom stereocenters. The van der Waals surface area contributed by atoms with Crippen molar-refractivity contribution in [2.45, 2.75) is 13.5 Å². The molecule has 2 heterocycles. The maximum atomic E-state index is 9.15. The number of aliphatic hydroxyl groups is 2. The first-order valence-electron chi connectivity index (χ1n) is 5.92. The van der Waals surface area contributed by atoms with Gasteiger partial charge in [-0.3, -0.25) is 0 Å². The van der Waals surface area contributed by atoms with Crippen molar-refractivity contribution in [3.05, 3.63) is 62.6 Å². The van der Waals surface area contributed by atoms with Crippen molar-refractivity contribution in [2.24, 2.45) is 0 Å². The Kier molecular flexibility index (Phi) is 10.4. The molecule has 23 heavy (non-hydrogen) atoms. The highest BCUT2D eigenvalue weighted by Crippen LogP contribution is 2.22. The van der Waals surface area contributed by atoms with Gasteiger partial charge in [0.25, 0.3) is 0 Å². The van der Waals surface area contributed by atoms with Crippen LogP contribution in [-0.4, -0.2) is 26.8 Å². The smallest absolute Gasteiger partial charge is 0.147 e. The fourth-order valence-corrected chi connectivity index (χ4v) is 1.83. The first-order valence-corrected chi connectivity index (χ1v) is 7.43. The topological polar surface area (TPSA) is 66.2 Å². The highest BCUT2D eigenvalue weighted by molar-refractivity contribution is 6.41. The molecule has 0 fully saturated rings. The number of halogens is 4. The SMILES string of the molecule is C.C=Cc1cnc(Cl)c(Cl)c1.OC[C@@H](O)c1cnc(Cl)c(Cl)c1. The van der Waals surface area contributed by atoms with Crippen molar-refractivity contribution in [2.75, 3.05) is 6.61 Å². The van der Waals surface area contributed by atoms with Gasteiger partial charge < -0.3 is 10.2 Å². The summed E-state index contributed by atoms with van der Waals surface area (Å²) in [6.07, 6.45) is 3.69. The van der Waals surface area contributed by atoms with Gasteiger partial charge in [0, 0.05) is 18.0 Å². The number of aromatic nitrogens is 2. The molecule has 0 aromatic carbocycles. The lowest BCUT2D eigenvalue weighted by Gasteiger charge is -2.06. The van der Waals surface area contributed by atoms with E-state index in [0.29, 0.717) is 15.7 Å². The van der Waals surface area contributed by atoms with Gasteiger partial charge in [0.05, 0.1) is 16.7 Å². The van der Waals surface area contributed by atoms with Gasteiger partial charge in [-0.1, -0.05) is 66.5 Å². The first-order chi connectivity index (χ1) is 10.4. The van der Waals surface area contributed by atoms with Crippen LogP contribution in [0.4, 0.5) is 0 Å². The molecule has 2 aromatic heterocycles. The Labute approximate surface area is 155 Å². The summed E-state index contributed by atoms with van der Waals surface area (Å²) >= 11 is 22.4. The van der Waals surface area contributed by atoms with Crippen LogP contribution in [0.15, 0.2) is 31.1 Å². The van der Waals surface area contributed by atoms with Crippen LogP contribution in [0.25, 0.3) is 6.08 Å². The number of hydrogen-bond acceptors (Lipinski definition) is 4. The van der Waals surface area contributed by atoms with Crippen molar-refractivity contribution < 1.29 is 10.2 Å². The van der Waals surface area contributed by atoms with Crippen LogP contribution in [0.5, 0.6) is 0 Å². The standard InChI is InChI=1S/C7H7Cl2NO2.C7H5Cl2N.CH4/c8-5-1-4(6(12)3-11)2-10-7(5)9;1-2-5-3-6(8)7(9)10-4-5;/h1-2,6,11-12H,3H2;2-4H,1H2;1H4/t6-;;/m1../s1. The second-order valence-electron chi connectivity index (χ2n) is 3.99. The van der Waals surface area contributed by atoms with Gasteiger partial charge in [-0.25, -0.2) is 9.97 Å². The number of pyridine rings is 2. The van der Waals surface area contributed by atoms with Crippen molar-refractivity contribution in [1.29, 1.82) is 0 Å². The summed E-state index contributed by atoms with van der Waals surface area (Å²) in [5.74, 6) is 0. The Balaban J connectivity index is 0.000000409. The summed E-state index contributed by atoms with van der Waals surface area (Å²) < 4.78 is 0. The zero-order chi connectivity index (χ0) is 16.7. The van der Waals surface area contributed by atoms with Crippen molar-refractivity contribution in [1.82, 2.24) is 9.97 Å². The third-order valence-corrected chi connectivity index (χ3v) is 3.80. The number of rotatable bonds is 3. The molecular formula is C15H16Cl4N2O2. The van der Waals surface area contributed by atoms with E-state index >= 15 is 0 Å². The number of hydrogen-bond donors (Lipinski definition) is 2. The van der Waals surface area contributed by atoms with Crippen molar-refractivity contribution >= 4 is 52.5 Å². The molecule has 0 aliphatic rings. The Morgan fingerprint density at radius 3 is 2.00 bits per heavy atom. The molecule has 126 valence electrons. The van der Waals surface area contributed by atoms with E-state index in [0.717, 1.165) is 5.56 Å². The zero-order valence-electron chi connectivity index (χ0n) is 11.2. The van der Waals surface area contributed by atoms with Crippen LogP contribution in [0.2, 0.25) is 20.4 Å². The maximum absolute atomic E-state index is 9.15. The minimum atomic E-state index is -0.952. The molecule has 1 atom stereocenters. The summed E-state index contributed by atoms with van der Waals surface area (Å²) in [6.45, 7) is 3.20. The second kappa shape index (κ2) is 10.8. The van der Waals surface area contributed by atoms with Crippen LogP contribution in [0.1, 0.15) is 24.7 Å². The van der Waals surface area contributed by atoms with Gasteiger partial charge in [0.1, 0.15) is 16.4 Å². The monoisotopic (exact) mass is 396 g/mol. The fraction of sp³-hybridized carbons (Fsp3) is 0.200. The fourth-order valence-electron chi connectivity index (χ4n) is 1.27. The third-order valence-electron chi connectivity index (χ3n) is 2.43. The summed E-state index contributed by atoms with van der Waals surface area (Å²) in [7, 11) is 0. The highest BCUT2D eigenvalue weighted by Gasteiger charge is 2.08. The Hall–Kier alpha value is -0.880. The molecule has 0 radical (unpaired) electrons. The van der Waals surface area contributed by atoms with Gasteiger partial charge in [-0.15, -0.1) is 0 Å². The first kappa shape index (κ1) is 22.1. The average Bonchev–Trinajstić information content (AvgIpc) is 2.52. The van der Waals surface area contributed by atoms with Gasteiger partial charge in [0.15, 0.2) is 0 Å². The number of aliphatic hydroxyl groups excluding tert-OH is 2. The van der Waals surface area contributed by atoms with E-state index in [4.69, 9.17) is 56.6 Å². The lowest BCUT2D eigenvalue weighted by Crippen LogP contribution is -2.02. The zero-order valence-corrected chi connectivity index (χ0v) is 14.2. The quantitative estimate of drug-likeness (QED) is 0.708. The predicted molar refractivity (Wildman–Crippen MR) is 97.4 cm³/mol. The largest absolute Gasteiger partial charge is 0.393 e. The van der Waals surface area contributed by atoms with E-state index in [-0.39, 0.29) is 24.2 Å². The molecule has 2 N–H and O–H groups in total. The van der Waals surface area contributed by atoms with Crippen molar-refractivity contribution in [3.8, 4) is 0 Å². The minimum absolute atomic E-state index is 0. The lowest BCUT2D eigenvalue weighted by molar-refractivity contribution is 0.0953. The van der Waals surface area contributed by atoms with Crippen molar-refractivity contribution in [3.63, 3.8) is 0 Å². The summed E-state index contributed by atoms with van der Waals surface area (Å²) in [5.41, 5.74) is 1.32.